The number of para-hydroxylation sites is 1. The fourth-order valence-corrected chi connectivity index (χ4v) is 2.88. The molecule has 0 aliphatic carbocycles. The van der Waals surface area contributed by atoms with Gasteiger partial charge in [-0.25, -0.2) is 10.4 Å². The fourth-order valence-electron chi connectivity index (χ4n) is 2.88. The van der Waals surface area contributed by atoms with Crippen LogP contribution >= 0.6 is 0 Å². The Morgan fingerprint density at radius 1 is 0.800 bits per heavy atom. The second kappa shape index (κ2) is 8.70. The van der Waals surface area contributed by atoms with Gasteiger partial charge < -0.3 is 0 Å². The molecular weight excluding hydrogens is 380 g/mol. The van der Waals surface area contributed by atoms with Gasteiger partial charge in [0.15, 0.2) is 0 Å². The van der Waals surface area contributed by atoms with Gasteiger partial charge in [0.2, 0.25) is 0 Å². The van der Waals surface area contributed by atoms with Gasteiger partial charge in [-0.15, -0.1) is 10.2 Å². The zero-order chi connectivity index (χ0) is 20.8. The van der Waals surface area contributed by atoms with Gasteiger partial charge in [0, 0.05) is 17.2 Å². The van der Waals surface area contributed by atoms with Crippen molar-refractivity contribution in [3.05, 3.63) is 101 Å². The van der Waals surface area contributed by atoms with Crippen LogP contribution in [0.2, 0.25) is 0 Å². The van der Waals surface area contributed by atoms with Gasteiger partial charge >= 0.3 is 0 Å². The number of hydrogen-bond acceptors (Lipinski definition) is 7. The van der Waals surface area contributed by atoms with E-state index in [2.05, 4.69) is 25.7 Å². The molecule has 3 aromatic carbocycles. The largest absolute Gasteiger partial charge is 0.278 e. The van der Waals surface area contributed by atoms with Crippen LogP contribution in [0.3, 0.4) is 0 Å². The van der Waals surface area contributed by atoms with Crippen LogP contribution in [0.15, 0.2) is 90.0 Å². The Morgan fingerprint density at radius 2 is 1.40 bits per heavy atom. The van der Waals surface area contributed by atoms with Crippen LogP contribution in [-0.2, 0) is 0 Å². The minimum atomic E-state index is -0.457. The third kappa shape index (κ3) is 4.17. The molecule has 0 amide bonds. The van der Waals surface area contributed by atoms with Crippen LogP contribution in [0.25, 0.3) is 22.5 Å². The monoisotopic (exact) mass is 396 g/mol. The van der Waals surface area contributed by atoms with E-state index in [4.69, 9.17) is 0 Å². The molecule has 0 saturated carbocycles. The first kappa shape index (κ1) is 18.9. The van der Waals surface area contributed by atoms with Gasteiger partial charge in [-0.3, -0.25) is 10.1 Å². The molecule has 146 valence electrons. The molecule has 8 nitrogen and oxygen atoms in total. The van der Waals surface area contributed by atoms with E-state index in [1.54, 1.807) is 18.2 Å². The van der Waals surface area contributed by atoms with Crippen molar-refractivity contribution >= 4 is 17.9 Å². The van der Waals surface area contributed by atoms with E-state index in [9.17, 15) is 10.1 Å². The van der Waals surface area contributed by atoms with Gasteiger partial charge in [-0.2, -0.15) is 5.10 Å². The summed E-state index contributed by atoms with van der Waals surface area (Å²) in [5, 5.41) is 23.6. The SMILES string of the molecule is O=[N+]([O-])c1ccccc1/C=N/Nc1nnc(-c2ccccc2)c(-c2ccccc2)n1. The lowest BCUT2D eigenvalue weighted by Crippen LogP contribution is -2.03. The van der Waals surface area contributed by atoms with Crippen molar-refractivity contribution in [1.29, 1.82) is 0 Å². The number of rotatable bonds is 6. The zero-order valence-electron chi connectivity index (χ0n) is 15.7. The number of nitrogens with zero attached hydrogens (tertiary/aromatic N) is 5. The molecule has 0 saturated heterocycles. The Kier molecular flexibility index (Phi) is 5.47. The second-order valence-corrected chi connectivity index (χ2v) is 6.25. The third-order valence-corrected chi connectivity index (χ3v) is 4.28. The number of nitro benzene ring substituents is 1. The number of benzene rings is 3. The van der Waals surface area contributed by atoms with Crippen molar-refractivity contribution in [2.45, 2.75) is 0 Å². The maximum Gasteiger partial charge on any atom is 0.278 e. The average Bonchev–Trinajstić information content (AvgIpc) is 2.80. The number of hydrazone groups is 1. The standard InChI is InChI=1S/C22H16N6O2/c29-28(30)19-14-8-7-13-18(19)15-23-26-22-24-20(16-9-3-1-4-10-16)21(25-27-22)17-11-5-2-6-12-17/h1-15H,(H,24,26,27)/b23-15+. The van der Waals surface area contributed by atoms with Crippen molar-refractivity contribution in [3.63, 3.8) is 0 Å². The van der Waals surface area contributed by atoms with Gasteiger partial charge in [-0.05, 0) is 6.07 Å². The highest BCUT2D eigenvalue weighted by molar-refractivity contribution is 5.85. The van der Waals surface area contributed by atoms with Crippen LogP contribution in [0.1, 0.15) is 5.56 Å². The average molecular weight is 396 g/mol. The summed E-state index contributed by atoms with van der Waals surface area (Å²) in [5.74, 6) is 0.184. The molecule has 0 bridgehead atoms. The predicted octanol–water partition coefficient (Wildman–Crippen LogP) is 4.56. The fraction of sp³-hybridized carbons (Fsp3) is 0. The first-order chi connectivity index (χ1) is 14.7. The molecule has 0 aliphatic rings. The molecule has 4 rings (SSSR count). The van der Waals surface area contributed by atoms with E-state index < -0.39 is 4.92 Å². The summed E-state index contributed by atoms with van der Waals surface area (Å²) in [4.78, 5) is 15.2. The predicted molar refractivity (Wildman–Crippen MR) is 115 cm³/mol. The molecule has 0 unspecified atom stereocenters. The van der Waals surface area contributed by atoms with E-state index in [-0.39, 0.29) is 11.6 Å². The van der Waals surface area contributed by atoms with Crippen molar-refractivity contribution in [3.8, 4) is 22.5 Å². The van der Waals surface area contributed by atoms with Crippen molar-refractivity contribution < 1.29 is 4.92 Å². The third-order valence-electron chi connectivity index (χ3n) is 4.28. The summed E-state index contributed by atoms with van der Waals surface area (Å²) in [5.41, 5.74) is 6.12. The minimum absolute atomic E-state index is 0.0357. The lowest BCUT2D eigenvalue weighted by atomic mass is 10.0. The van der Waals surface area contributed by atoms with E-state index in [1.807, 2.05) is 60.7 Å². The van der Waals surface area contributed by atoms with Crippen molar-refractivity contribution in [2.75, 3.05) is 5.43 Å². The van der Waals surface area contributed by atoms with E-state index in [0.29, 0.717) is 17.0 Å². The molecule has 0 spiro atoms. The summed E-state index contributed by atoms with van der Waals surface area (Å²) in [6, 6.07) is 25.7. The topological polar surface area (TPSA) is 106 Å². The quantitative estimate of drug-likeness (QED) is 0.291. The summed E-state index contributed by atoms with van der Waals surface area (Å²) in [6.07, 6.45) is 1.36. The Bertz CT molecular complexity index is 1200. The zero-order valence-corrected chi connectivity index (χ0v) is 15.7. The Morgan fingerprint density at radius 3 is 2.07 bits per heavy atom. The van der Waals surface area contributed by atoms with Gasteiger partial charge in [-0.1, -0.05) is 72.8 Å². The summed E-state index contributed by atoms with van der Waals surface area (Å²) >= 11 is 0. The summed E-state index contributed by atoms with van der Waals surface area (Å²) < 4.78 is 0. The van der Waals surface area contributed by atoms with Crippen molar-refractivity contribution in [2.24, 2.45) is 5.10 Å². The highest BCUT2D eigenvalue weighted by Gasteiger charge is 2.13. The lowest BCUT2D eigenvalue weighted by molar-refractivity contribution is -0.385. The molecule has 1 aromatic heterocycles. The molecule has 1 N–H and O–H groups in total. The summed E-state index contributed by atoms with van der Waals surface area (Å²) in [7, 11) is 0. The van der Waals surface area contributed by atoms with E-state index in [1.165, 1.54) is 12.3 Å². The number of nitrogens with one attached hydrogen (secondary N) is 1. The van der Waals surface area contributed by atoms with Crippen LogP contribution in [0.5, 0.6) is 0 Å². The highest BCUT2D eigenvalue weighted by atomic mass is 16.6. The lowest BCUT2D eigenvalue weighted by Gasteiger charge is -2.09. The van der Waals surface area contributed by atoms with E-state index in [0.717, 1.165) is 11.1 Å². The van der Waals surface area contributed by atoms with Crippen LogP contribution in [-0.4, -0.2) is 26.3 Å². The normalized spacial score (nSPS) is 10.8. The van der Waals surface area contributed by atoms with Crippen molar-refractivity contribution in [1.82, 2.24) is 15.2 Å². The maximum atomic E-state index is 11.1. The summed E-state index contributed by atoms with van der Waals surface area (Å²) in [6.45, 7) is 0. The molecule has 0 aliphatic heterocycles. The number of hydrogen-bond donors (Lipinski definition) is 1. The molecule has 0 atom stereocenters. The highest BCUT2D eigenvalue weighted by Crippen LogP contribution is 2.28. The minimum Gasteiger partial charge on any atom is -0.258 e. The molecule has 0 fully saturated rings. The molecular formula is C22H16N6O2. The molecule has 0 radical (unpaired) electrons. The molecule has 30 heavy (non-hydrogen) atoms. The maximum absolute atomic E-state index is 11.1. The Balaban J connectivity index is 1.67. The van der Waals surface area contributed by atoms with Crippen LogP contribution in [0, 0.1) is 10.1 Å². The van der Waals surface area contributed by atoms with Gasteiger partial charge in [0.25, 0.3) is 11.6 Å². The van der Waals surface area contributed by atoms with Crippen LogP contribution < -0.4 is 5.43 Å². The molecule has 8 heteroatoms. The molecule has 1 heterocycles. The Hall–Kier alpha value is -4.46. The Labute approximate surface area is 172 Å². The molecule has 4 aromatic rings. The second-order valence-electron chi connectivity index (χ2n) is 6.25. The smallest absolute Gasteiger partial charge is 0.258 e. The number of nitro groups is 1. The van der Waals surface area contributed by atoms with Gasteiger partial charge in [0.1, 0.15) is 11.4 Å². The number of aromatic nitrogens is 3. The first-order valence-electron chi connectivity index (χ1n) is 9.10. The van der Waals surface area contributed by atoms with Gasteiger partial charge in [0.05, 0.1) is 16.7 Å². The number of anilines is 1. The first-order valence-corrected chi connectivity index (χ1v) is 9.10. The van der Waals surface area contributed by atoms with Crippen LogP contribution in [0.4, 0.5) is 11.6 Å². The van der Waals surface area contributed by atoms with E-state index >= 15 is 0 Å².